The van der Waals surface area contributed by atoms with Crippen molar-refractivity contribution in [2.24, 2.45) is 59.2 Å². The minimum absolute atomic E-state index is 0. The van der Waals surface area contributed by atoms with Gasteiger partial charge in [0.2, 0.25) is 0 Å². The zero-order valence-electron chi connectivity index (χ0n) is 15.8. The van der Waals surface area contributed by atoms with E-state index in [1.165, 1.54) is 0 Å². The lowest BCUT2D eigenvalue weighted by Gasteiger charge is -2.14. The third-order valence-corrected chi connectivity index (χ3v) is 8.29. The minimum atomic E-state index is 0. The van der Waals surface area contributed by atoms with Crippen molar-refractivity contribution in [3.63, 3.8) is 0 Å². The van der Waals surface area contributed by atoms with Crippen LogP contribution in [0.5, 0.6) is 0 Å². The summed E-state index contributed by atoms with van der Waals surface area (Å²) in [4.78, 5) is 0. The molecule has 0 aromatic carbocycles. The molecule has 2 aliphatic rings. The van der Waals surface area contributed by atoms with Crippen molar-refractivity contribution >= 4 is 0 Å². The smallest absolute Gasteiger partial charge is 0.0386 e. The Morgan fingerprint density at radius 3 is 0.318 bits per heavy atom. The summed E-state index contributed by atoms with van der Waals surface area (Å²) >= 11 is 0. The summed E-state index contributed by atoms with van der Waals surface area (Å²) in [5.41, 5.74) is 0. The van der Waals surface area contributed by atoms with Gasteiger partial charge in [0.05, 0.1) is 0 Å². The maximum Gasteiger partial charge on any atom is -0.0386 e. The largest absolute Gasteiger partial charge is 0.0776 e. The highest BCUT2D eigenvalue weighted by Gasteiger charge is 2.39. The van der Waals surface area contributed by atoms with Gasteiger partial charge in [-0.2, -0.15) is 0 Å². The van der Waals surface area contributed by atoms with Crippen LogP contribution in [0.25, 0.3) is 0 Å². The van der Waals surface area contributed by atoms with E-state index < -0.39 is 0 Å². The molecule has 2 rings (SSSR count). The van der Waals surface area contributed by atoms with E-state index in [4.69, 9.17) is 0 Å². The molecule has 136 valence electrons. The van der Waals surface area contributed by atoms with E-state index in [-0.39, 0.29) is 14.9 Å². The Kier molecular flexibility index (Phi) is 10.3. The summed E-state index contributed by atoms with van der Waals surface area (Å²) in [6, 6.07) is 0. The van der Waals surface area contributed by atoms with Gasteiger partial charge in [-0.1, -0.05) is 84.1 Å². The Morgan fingerprint density at radius 2 is 0.273 bits per heavy atom. The summed E-state index contributed by atoms with van der Waals surface area (Å²) in [6.45, 7) is 24.0. The van der Waals surface area contributed by atoms with E-state index in [0.29, 0.717) is 0 Å². The fraction of sp³-hybridized carbons (Fsp3) is 1.00. The Balaban J connectivity index is 0. The lowest BCUT2D eigenvalue weighted by Crippen LogP contribution is -2.07. The number of hydrogen-bond acceptors (Lipinski definition) is 0. The highest BCUT2D eigenvalue weighted by molar-refractivity contribution is 4.87. The second-order valence-corrected chi connectivity index (χ2v) is 8.59. The second kappa shape index (κ2) is 9.33. The highest BCUT2D eigenvalue weighted by atomic mass is 14.4. The van der Waals surface area contributed by atoms with E-state index in [9.17, 15) is 0 Å². The first-order valence-corrected chi connectivity index (χ1v) is 9.11. The van der Waals surface area contributed by atoms with Crippen molar-refractivity contribution in [2.45, 2.75) is 84.1 Å². The lowest BCUT2D eigenvalue weighted by molar-refractivity contribution is 0.352. The average molecular weight is 313 g/mol. The molecule has 0 aliphatic heterocycles. The summed E-state index contributed by atoms with van der Waals surface area (Å²) in [7, 11) is 0. The van der Waals surface area contributed by atoms with Crippen molar-refractivity contribution in [2.75, 3.05) is 0 Å². The van der Waals surface area contributed by atoms with Crippen LogP contribution in [0, 0.1) is 59.2 Å². The standard InChI is InChI=1S/2C10H20.2CH4/c2*1-6-7(2)9(4)10(5)8(6)3;;/h2*6-10H,1-5H3;2*1H4. The van der Waals surface area contributed by atoms with Crippen LogP contribution in [0.2, 0.25) is 0 Å². The minimum Gasteiger partial charge on any atom is -0.0776 e. The molecule has 0 N–H and O–H groups in total. The first kappa shape index (κ1) is 24.3. The first-order chi connectivity index (χ1) is 9.11. The molecular weight excluding hydrogens is 264 g/mol. The SMILES string of the molecule is C.C.CC1C(C)C(C)C(C)C1C.CC1C(C)C(C)C(C)C1C. The lowest BCUT2D eigenvalue weighted by atomic mass is 9.92. The molecular formula is C22H48. The van der Waals surface area contributed by atoms with Crippen LogP contribution in [0.3, 0.4) is 0 Å². The predicted octanol–water partition coefficient (Wildman–Crippen LogP) is 7.63. The molecule has 0 aromatic rings. The summed E-state index contributed by atoms with van der Waals surface area (Å²) in [5.74, 6) is 9.35. The van der Waals surface area contributed by atoms with Gasteiger partial charge in [0, 0.05) is 0 Å². The van der Waals surface area contributed by atoms with Crippen molar-refractivity contribution in [3.8, 4) is 0 Å². The Bertz CT molecular complexity index is 175. The Hall–Kier alpha value is 0. The monoisotopic (exact) mass is 312 g/mol. The quantitative estimate of drug-likeness (QED) is 0.431. The second-order valence-electron chi connectivity index (χ2n) is 8.59. The third kappa shape index (κ3) is 4.51. The van der Waals surface area contributed by atoms with Gasteiger partial charge in [0.15, 0.2) is 0 Å². The Morgan fingerprint density at radius 1 is 0.227 bits per heavy atom. The van der Waals surface area contributed by atoms with Crippen LogP contribution in [-0.2, 0) is 0 Å². The third-order valence-electron chi connectivity index (χ3n) is 8.29. The number of rotatable bonds is 0. The molecule has 0 unspecified atom stereocenters. The first-order valence-electron chi connectivity index (χ1n) is 9.11. The molecule has 0 atom stereocenters. The van der Waals surface area contributed by atoms with E-state index in [1.54, 1.807) is 0 Å². The van der Waals surface area contributed by atoms with Crippen LogP contribution >= 0.6 is 0 Å². The molecule has 2 saturated carbocycles. The van der Waals surface area contributed by atoms with Gasteiger partial charge in [-0.05, 0) is 59.2 Å². The van der Waals surface area contributed by atoms with Crippen molar-refractivity contribution in [1.82, 2.24) is 0 Å². The molecule has 2 fully saturated rings. The zero-order valence-corrected chi connectivity index (χ0v) is 15.8. The molecule has 0 heteroatoms. The highest BCUT2D eigenvalue weighted by Crippen LogP contribution is 2.45. The van der Waals surface area contributed by atoms with Gasteiger partial charge >= 0.3 is 0 Å². The molecule has 0 saturated heterocycles. The number of hydrogen-bond donors (Lipinski definition) is 0. The molecule has 0 spiro atoms. The molecule has 0 radical (unpaired) electrons. The molecule has 0 aromatic heterocycles. The topological polar surface area (TPSA) is 0 Å². The molecule has 22 heavy (non-hydrogen) atoms. The van der Waals surface area contributed by atoms with Gasteiger partial charge in [-0.3, -0.25) is 0 Å². The maximum atomic E-state index is 2.40. The molecule has 0 heterocycles. The van der Waals surface area contributed by atoms with Crippen molar-refractivity contribution < 1.29 is 0 Å². The Labute approximate surface area is 143 Å². The average Bonchev–Trinajstić information content (AvgIpc) is 2.71. The predicted molar refractivity (Wildman–Crippen MR) is 105 cm³/mol. The van der Waals surface area contributed by atoms with E-state index >= 15 is 0 Å². The van der Waals surface area contributed by atoms with Gasteiger partial charge in [0.25, 0.3) is 0 Å². The summed E-state index contributed by atoms with van der Waals surface area (Å²) in [6.07, 6.45) is 0. The fourth-order valence-corrected chi connectivity index (χ4v) is 4.79. The fourth-order valence-electron chi connectivity index (χ4n) is 4.79. The molecule has 0 nitrogen and oxygen atoms in total. The van der Waals surface area contributed by atoms with E-state index in [1.807, 2.05) is 0 Å². The van der Waals surface area contributed by atoms with Crippen LogP contribution in [-0.4, -0.2) is 0 Å². The molecule has 2 aliphatic carbocycles. The van der Waals surface area contributed by atoms with Crippen LogP contribution in [0.4, 0.5) is 0 Å². The zero-order chi connectivity index (χ0) is 15.8. The van der Waals surface area contributed by atoms with E-state index in [2.05, 4.69) is 69.2 Å². The molecule has 0 bridgehead atoms. The summed E-state index contributed by atoms with van der Waals surface area (Å²) < 4.78 is 0. The molecule has 0 amide bonds. The van der Waals surface area contributed by atoms with Gasteiger partial charge < -0.3 is 0 Å². The van der Waals surface area contributed by atoms with Crippen LogP contribution in [0.15, 0.2) is 0 Å². The van der Waals surface area contributed by atoms with Gasteiger partial charge in [-0.25, -0.2) is 0 Å². The van der Waals surface area contributed by atoms with Gasteiger partial charge in [0.1, 0.15) is 0 Å². The summed E-state index contributed by atoms with van der Waals surface area (Å²) in [5, 5.41) is 0. The maximum absolute atomic E-state index is 2.40. The van der Waals surface area contributed by atoms with Gasteiger partial charge in [-0.15, -0.1) is 0 Å². The van der Waals surface area contributed by atoms with Crippen LogP contribution < -0.4 is 0 Å². The van der Waals surface area contributed by atoms with Crippen molar-refractivity contribution in [1.29, 1.82) is 0 Å². The van der Waals surface area contributed by atoms with Crippen molar-refractivity contribution in [3.05, 3.63) is 0 Å². The van der Waals surface area contributed by atoms with Crippen LogP contribution in [0.1, 0.15) is 84.1 Å². The normalized spacial score (nSPS) is 50.5. The van der Waals surface area contributed by atoms with E-state index in [0.717, 1.165) is 59.2 Å².